The molecular weight excluding hydrogens is 174 g/mol. The van der Waals surface area contributed by atoms with Crippen molar-refractivity contribution in [2.45, 2.75) is 44.2 Å². The maximum Gasteiger partial charge on any atom is 0.110 e. The van der Waals surface area contributed by atoms with Gasteiger partial charge in [-0.1, -0.05) is 12.2 Å². The van der Waals surface area contributed by atoms with Gasteiger partial charge in [-0.25, -0.2) is 0 Å². The van der Waals surface area contributed by atoms with E-state index in [1.54, 1.807) is 0 Å². The minimum Gasteiger partial charge on any atom is -0.497 e. The highest BCUT2D eigenvalue weighted by Crippen LogP contribution is 2.12. The van der Waals surface area contributed by atoms with Crippen molar-refractivity contribution in [3.05, 3.63) is 24.5 Å². The predicted octanol–water partition coefficient (Wildman–Crippen LogP) is 2.38. The van der Waals surface area contributed by atoms with Gasteiger partial charge in [-0.2, -0.15) is 0 Å². The molecule has 2 heteroatoms. The fraction of sp³-hybridized carbons (Fsp3) is 0.667. The monoisotopic (exact) mass is 193 g/mol. The molecule has 0 saturated carbocycles. The average Bonchev–Trinajstić information content (AvgIpc) is 2.29. The molecule has 0 bridgehead atoms. The van der Waals surface area contributed by atoms with Crippen molar-refractivity contribution in [3.8, 4) is 0 Å². The Hall–Kier alpha value is -0.760. The SMILES string of the molecule is C1=CC(NCC2CCC=CO2)CCC1. The molecule has 1 N–H and O–H groups in total. The van der Waals surface area contributed by atoms with E-state index < -0.39 is 0 Å². The molecule has 2 nitrogen and oxygen atoms in total. The molecular formula is C12H19NO. The molecule has 0 amide bonds. The lowest BCUT2D eigenvalue weighted by Gasteiger charge is -2.23. The van der Waals surface area contributed by atoms with Crippen LogP contribution in [0.4, 0.5) is 0 Å². The zero-order valence-corrected chi connectivity index (χ0v) is 8.61. The van der Waals surface area contributed by atoms with E-state index in [0.29, 0.717) is 12.1 Å². The first-order valence-corrected chi connectivity index (χ1v) is 5.65. The summed E-state index contributed by atoms with van der Waals surface area (Å²) in [6.07, 6.45) is 15.1. The molecule has 0 aromatic carbocycles. The number of hydrogen-bond acceptors (Lipinski definition) is 2. The van der Waals surface area contributed by atoms with E-state index >= 15 is 0 Å². The minimum atomic E-state index is 0.385. The Morgan fingerprint density at radius 2 is 2.21 bits per heavy atom. The maximum atomic E-state index is 5.50. The maximum absolute atomic E-state index is 5.50. The molecule has 1 heterocycles. The van der Waals surface area contributed by atoms with Crippen LogP contribution in [0.1, 0.15) is 32.1 Å². The van der Waals surface area contributed by atoms with Crippen molar-refractivity contribution in [2.75, 3.05) is 6.54 Å². The summed E-state index contributed by atoms with van der Waals surface area (Å²) in [5.74, 6) is 0. The Morgan fingerprint density at radius 1 is 1.21 bits per heavy atom. The predicted molar refractivity (Wildman–Crippen MR) is 58.0 cm³/mol. The quantitative estimate of drug-likeness (QED) is 0.695. The second kappa shape index (κ2) is 5.20. The van der Waals surface area contributed by atoms with E-state index in [1.165, 1.54) is 19.3 Å². The summed E-state index contributed by atoms with van der Waals surface area (Å²) >= 11 is 0. The third kappa shape index (κ3) is 2.88. The van der Waals surface area contributed by atoms with Crippen LogP contribution in [0.15, 0.2) is 24.5 Å². The van der Waals surface area contributed by atoms with Crippen LogP contribution in [-0.4, -0.2) is 18.7 Å². The Kier molecular flexibility index (Phi) is 3.64. The van der Waals surface area contributed by atoms with Gasteiger partial charge in [0.15, 0.2) is 0 Å². The van der Waals surface area contributed by atoms with Gasteiger partial charge in [0.1, 0.15) is 6.10 Å². The van der Waals surface area contributed by atoms with Crippen LogP contribution in [0.2, 0.25) is 0 Å². The second-order valence-electron chi connectivity index (χ2n) is 4.08. The summed E-state index contributed by atoms with van der Waals surface area (Å²) in [5.41, 5.74) is 0. The minimum absolute atomic E-state index is 0.385. The largest absolute Gasteiger partial charge is 0.497 e. The zero-order valence-electron chi connectivity index (χ0n) is 8.61. The van der Waals surface area contributed by atoms with E-state index in [0.717, 1.165) is 19.4 Å². The van der Waals surface area contributed by atoms with Gasteiger partial charge in [0.05, 0.1) is 6.26 Å². The van der Waals surface area contributed by atoms with E-state index in [-0.39, 0.29) is 0 Å². The van der Waals surface area contributed by atoms with E-state index in [4.69, 9.17) is 4.74 Å². The van der Waals surface area contributed by atoms with Crippen molar-refractivity contribution in [1.29, 1.82) is 0 Å². The molecule has 0 saturated heterocycles. The lowest BCUT2D eigenvalue weighted by atomic mass is 10.0. The number of hydrogen-bond donors (Lipinski definition) is 1. The molecule has 78 valence electrons. The molecule has 2 aliphatic rings. The van der Waals surface area contributed by atoms with Gasteiger partial charge in [0.2, 0.25) is 0 Å². The van der Waals surface area contributed by atoms with E-state index in [1.807, 2.05) is 6.26 Å². The van der Waals surface area contributed by atoms with Gasteiger partial charge in [-0.15, -0.1) is 0 Å². The highest BCUT2D eigenvalue weighted by Gasteiger charge is 2.13. The average molecular weight is 193 g/mol. The number of nitrogens with one attached hydrogen (secondary N) is 1. The molecule has 1 aliphatic heterocycles. The van der Waals surface area contributed by atoms with Crippen molar-refractivity contribution >= 4 is 0 Å². The first kappa shape index (κ1) is 9.78. The zero-order chi connectivity index (χ0) is 9.64. The smallest absolute Gasteiger partial charge is 0.110 e. The Labute approximate surface area is 86.0 Å². The van der Waals surface area contributed by atoms with E-state index in [2.05, 4.69) is 23.5 Å². The summed E-state index contributed by atoms with van der Waals surface area (Å²) in [6.45, 7) is 0.985. The van der Waals surface area contributed by atoms with Crippen LogP contribution < -0.4 is 5.32 Å². The fourth-order valence-electron chi connectivity index (χ4n) is 2.00. The second-order valence-corrected chi connectivity index (χ2v) is 4.08. The summed E-state index contributed by atoms with van der Waals surface area (Å²) in [7, 11) is 0. The van der Waals surface area contributed by atoms with Gasteiger partial charge < -0.3 is 10.1 Å². The van der Waals surface area contributed by atoms with Crippen molar-refractivity contribution < 1.29 is 4.74 Å². The van der Waals surface area contributed by atoms with E-state index in [9.17, 15) is 0 Å². The van der Waals surface area contributed by atoms with Crippen molar-refractivity contribution in [3.63, 3.8) is 0 Å². The highest BCUT2D eigenvalue weighted by atomic mass is 16.5. The van der Waals surface area contributed by atoms with Crippen molar-refractivity contribution in [1.82, 2.24) is 5.32 Å². The van der Waals surface area contributed by atoms with Gasteiger partial charge in [-0.05, 0) is 38.2 Å². The van der Waals surface area contributed by atoms with Crippen LogP contribution in [0.25, 0.3) is 0 Å². The van der Waals surface area contributed by atoms with Crippen molar-refractivity contribution in [2.24, 2.45) is 0 Å². The van der Waals surface area contributed by atoms with Gasteiger partial charge in [0, 0.05) is 12.6 Å². The highest BCUT2D eigenvalue weighted by molar-refractivity contribution is 4.97. The van der Waals surface area contributed by atoms with Crippen LogP contribution in [0, 0.1) is 0 Å². The molecule has 14 heavy (non-hydrogen) atoms. The lowest BCUT2D eigenvalue weighted by Crippen LogP contribution is -2.36. The van der Waals surface area contributed by atoms with Crippen LogP contribution in [0.3, 0.4) is 0 Å². The van der Waals surface area contributed by atoms with Gasteiger partial charge >= 0.3 is 0 Å². The van der Waals surface area contributed by atoms with Gasteiger partial charge in [0.25, 0.3) is 0 Å². The molecule has 0 radical (unpaired) electrons. The summed E-state index contributed by atoms with van der Waals surface area (Å²) in [6, 6.07) is 0.582. The third-order valence-electron chi connectivity index (χ3n) is 2.88. The molecule has 0 fully saturated rings. The summed E-state index contributed by atoms with van der Waals surface area (Å²) in [4.78, 5) is 0. The summed E-state index contributed by atoms with van der Waals surface area (Å²) < 4.78 is 5.50. The molecule has 2 unspecified atom stereocenters. The third-order valence-corrected chi connectivity index (χ3v) is 2.88. The van der Waals surface area contributed by atoms with Crippen LogP contribution in [-0.2, 0) is 4.74 Å². The molecule has 2 atom stereocenters. The standard InChI is InChI=1S/C12H19NO/c1-2-6-11(7-3-1)13-10-12-8-4-5-9-14-12/h2,5-6,9,11-13H,1,3-4,7-8,10H2. The normalized spacial score (nSPS) is 31.4. The topological polar surface area (TPSA) is 21.3 Å². The first-order chi connectivity index (χ1) is 6.95. The lowest BCUT2D eigenvalue weighted by molar-refractivity contribution is 0.120. The van der Waals surface area contributed by atoms with Crippen LogP contribution >= 0.6 is 0 Å². The Morgan fingerprint density at radius 3 is 2.93 bits per heavy atom. The summed E-state index contributed by atoms with van der Waals surface area (Å²) in [5, 5.41) is 3.55. The number of rotatable bonds is 3. The Bertz CT molecular complexity index is 222. The number of allylic oxidation sites excluding steroid dienone is 2. The first-order valence-electron chi connectivity index (χ1n) is 5.65. The molecule has 1 aliphatic carbocycles. The van der Waals surface area contributed by atoms with Crippen LogP contribution in [0.5, 0.6) is 0 Å². The Balaban J connectivity index is 1.68. The molecule has 0 spiro atoms. The fourth-order valence-corrected chi connectivity index (χ4v) is 2.00. The molecule has 2 rings (SSSR count). The molecule has 0 aromatic heterocycles. The van der Waals surface area contributed by atoms with Gasteiger partial charge in [-0.3, -0.25) is 0 Å². The number of ether oxygens (including phenoxy) is 1. The molecule has 0 aromatic rings.